The summed E-state index contributed by atoms with van der Waals surface area (Å²) in [6, 6.07) is 0. The van der Waals surface area contributed by atoms with Crippen molar-refractivity contribution in [2.45, 2.75) is 30.7 Å². The zero-order valence-electron chi connectivity index (χ0n) is 7.07. The van der Waals surface area contributed by atoms with Gasteiger partial charge < -0.3 is 14.3 Å². The SMILES string of the molecule is C[C@]1(F)C(Cl)O[C@H](CC=O)[C@H]1C=O. The highest BCUT2D eigenvalue weighted by Crippen LogP contribution is 2.41. The van der Waals surface area contributed by atoms with E-state index in [2.05, 4.69) is 0 Å². The van der Waals surface area contributed by atoms with Gasteiger partial charge in [0.25, 0.3) is 0 Å². The smallest absolute Gasteiger partial charge is 0.165 e. The summed E-state index contributed by atoms with van der Waals surface area (Å²) in [5, 5.41) is 0. The van der Waals surface area contributed by atoms with Gasteiger partial charge in [0.05, 0.1) is 12.0 Å². The van der Waals surface area contributed by atoms with Crippen LogP contribution in [0, 0.1) is 5.92 Å². The molecule has 3 nitrogen and oxygen atoms in total. The summed E-state index contributed by atoms with van der Waals surface area (Å²) in [5.41, 5.74) is -3.05. The lowest BCUT2D eigenvalue weighted by Gasteiger charge is -2.19. The number of hydrogen-bond acceptors (Lipinski definition) is 3. The molecular formula is C8H10ClFO3. The minimum atomic E-state index is -1.89. The number of aldehydes is 2. The van der Waals surface area contributed by atoms with Crippen molar-refractivity contribution in [3.8, 4) is 0 Å². The van der Waals surface area contributed by atoms with Crippen LogP contribution in [0.15, 0.2) is 0 Å². The molecule has 1 unspecified atom stereocenters. The van der Waals surface area contributed by atoms with Gasteiger partial charge in [0, 0.05) is 6.42 Å². The molecule has 13 heavy (non-hydrogen) atoms. The maximum atomic E-state index is 13.6. The third-order valence-electron chi connectivity index (χ3n) is 2.27. The molecule has 1 saturated heterocycles. The van der Waals surface area contributed by atoms with Crippen molar-refractivity contribution in [2.75, 3.05) is 0 Å². The minimum absolute atomic E-state index is 0.00780. The third-order valence-corrected chi connectivity index (χ3v) is 2.80. The van der Waals surface area contributed by atoms with E-state index in [4.69, 9.17) is 16.3 Å². The van der Waals surface area contributed by atoms with Crippen LogP contribution in [0.1, 0.15) is 13.3 Å². The van der Waals surface area contributed by atoms with Crippen molar-refractivity contribution in [1.29, 1.82) is 0 Å². The lowest BCUT2D eigenvalue weighted by molar-refractivity contribution is -0.116. The Balaban J connectivity index is 2.81. The molecule has 1 aliphatic rings. The monoisotopic (exact) mass is 208 g/mol. The molecule has 0 amide bonds. The first-order chi connectivity index (χ1) is 6.04. The van der Waals surface area contributed by atoms with Gasteiger partial charge in [0.1, 0.15) is 12.6 Å². The van der Waals surface area contributed by atoms with Crippen LogP contribution in [0.25, 0.3) is 0 Å². The van der Waals surface area contributed by atoms with E-state index in [0.29, 0.717) is 12.6 Å². The lowest BCUT2D eigenvalue weighted by Crippen LogP contribution is -2.35. The fourth-order valence-electron chi connectivity index (χ4n) is 1.40. The van der Waals surface area contributed by atoms with Gasteiger partial charge in [-0.1, -0.05) is 11.6 Å². The van der Waals surface area contributed by atoms with Gasteiger partial charge in [0.15, 0.2) is 11.2 Å². The van der Waals surface area contributed by atoms with Crippen molar-refractivity contribution >= 4 is 24.2 Å². The van der Waals surface area contributed by atoms with Crippen LogP contribution < -0.4 is 0 Å². The lowest BCUT2D eigenvalue weighted by atomic mass is 9.90. The molecule has 0 spiro atoms. The molecule has 0 saturated carbocycles. The zero-order chi connectivity index (χ0) is 10.1. The molecular weight excluding hydrogens is 199 g/mol. The van der Waals surface area contributed by atoms with Crippen molar-refractivity contribution in [2.24, 2.45) is 5.92 Å². The third kappa shape index (κ3) is 1.74. The second kappa shape index (κ2) is 3.72. The molecule has 1 fully saturated rings. The number of halogens is 2. The summed E-state index contributed by atoms with van der Waals surface area (Å²) in [5.74, 6) is -0.958. The van der Waals surface area contributed by atoms with E-state index >= 15 is 0 Å². The molecule has 1 rings (SSSR count). The van der Waals surface area contributed by atoms with Gasteiger partial charge in [-0.15, -0.1) is 0 Å². The van der Waals surface area contributed by atoms with Gasteiger partial charge in [-0.05, 0) is 6.92 Å². The number of rotatable bonds is 3. The Labute approximate surface area is 80.2 Å². The van der Waals surface area contributed by atoms with Crippen molar-refractivity contribution < 1.29 is 18.7 Å². The molecule has 4 atom stereocenters. The zero-order valence-corrected chi connectivity index (χ0v) is 7.83. The van der Waals surface area contributed by atoms with Gasteiger partial charge in [-0.2, -0.15) is 0 Å². The Morgan fingerprint density at radius 2 is 2.23 bits per heavy atom. The number of carbonyl (C=O) groups excluding carboxylic acids is 2. The highest BCUT2D eigenvalue weighted by atomic mass is 35.5. The van der Waals surface area contributed by atoms with Crippen LogP contribution in [0.3, 0.4) is 0 Å². The summed E-state index contributed by atoms with van der Waals surface area (Å²) in [7, 11) is 0. The van der Waals surface area contributed by atoms with E-state index in [1.54, 1.807) is 0 Å². The Morgan fingerprint density at radius 1 is 1.62 bits per heavy atom. The Kier molecular flexibility index (Phi) is 3.03. The molecule has 0 aliphatic carbocycles. The molecule has 0 aromatic carbocycles. The van der Waals surface area contributed by atoms with Crippen LogP contribution >= 0.6 is 11.6 Å². The first kappa shape index (κ1) is 10.6. The molecule has 74 valence electrons. The standard InChI is InChI=1S/C8H10ClFO3/c1-8(10)5(4-12)6(2-3-11)13-7(8)9/h3-7H,2H2,1H3/t5-,6-,7?,8-/m1/s1. The first-order valence-electron chi connectivity index (χ1n) is 3.91. The summed E-state index contributed by atoms with van der Waals surface area (Å²) in [4.78, 5) is 20.7. The molecule has 0 radical (unpaired) electrons. The second-order valence-corrected chi connectivity index (χ2v) is 3.60. The van der Waals surface area contributed by atoms with Crippen molar-refractivity contribution in [1.82, 2.24) is 0 Å². The minimum Gasteiger partial charge on any atom is -0.355 e. The number of alkyl halides is 2. The number of carbonyl (C=O) groups is 2. The van der Waals surface area contributed by atoms with Crippen LogP contribution in [-0.4, -0.2) is 29.9 Å². The Hall–Kier alpha value is -0.480. The van der Waals surface area contributed by atoms with Crippen LogP contribution in [-0.2, 0) is 14.3 Å². The van der Waals surface area contributed by atoms with Crippen LogP contribution in [0.2, 0.25) is 0 Å². The summed E-state index contributed by atoms with van der Waals surface area (Å²) < 4.78 is 18.6. The van der Waals surface area contributed by atoms with E-state index in [-0.39, 0.29) is 6.42 Å². The van der Waals surface area contributed by atoms with Crippen molar-refractivity contribution in [3.05, 3.63) is 0 Å². The quantitative estimate of drug-likeness (QED) is 0.515. The second-order valence-electron chi connectivity index (χ2n) is 3.21. The topological polar surface area (TPSA) is 43.4 Å². The fourth-order valence-corrected chi connectivity index (χ4v) is 1.68. The average Bonchev–Trinajstić information content (AvgIpc) is 2.24. The van der Waals surface area contributed by atoms with Crippen LogP contribution in [0.5, 0.6) is 0 Å². The van der Waals surface area contributed by atoms with E-state index in [0.717, 1.165) is 0 Å². The summed E-state index contributed by atoms with van der Waals surface area (Å²) in [6.45, 7) is 1.20. The maximum Gasteiger partial charge on any atom is 0.165 e. The van der Waals surface area contributed by atoms with Gasteiger partial charge in [-0.25, -0.2) is 4.39 Å². The Bertz CT molecular complexity index is 219. The highest BCUT2D eigenvalue weighted by molar-refractivity contribution is 6.20. The van der Waals surface area contributed by atoms with E-state index < -0.39 is 23.3 Å². The fraction of sp³-hybridized carbons (Fsp3) is 0.750. The molecule has 0 aromatic heterocycles. The highest BCUT2D eigenvalue weighted by Gasteiger charge is 2.53. The predicted molar refractivity (Wildman–Crippen MR) is 44.3 cm³/mol. The number of hydrogen-bond donors (Lipinski definition) is 0. The number of ether oxygens (including phenoxy) is 1. The van der Waals surface area contributed by atoms with E-state index in [9.17, 15) is 14.0 Å². The molecule has 0 aromatic rings. The average molecular weight is 209 g/mol. The largest absolute Gasteiger partial charge is 0.355 e. The van der Waals surface area contributed by atoms with Gasteiger partial charge in [-0.3, -0.25) is 0 Å². The van der Waals surface area contributed by atoms with Gasteiger partial charge >= 0.3 is 0 Å². The molecule has 0 N–H and O–H groups in total. The maximum absolute atomic E-state index is 13.6. The first-order valence-corrected chi connectivity index (χ1v) is 4.35. The Morgan fingerprint density at radius 3 is 2.69 bits per heavy atom. The molecule has 0 bridgehead atoms. The molecule has 1 heterocycles. The predicted octanol–water partition coefficient (Wildman–Crippen LogP) is 1.08. The van der Waals surface area contributed by atoms with E-state index in [1.165, 1.54) is 6.92 Å². The van der Waals surface area contributed by atoms with Crippen LogP contribution in [0.4, 0.5) is 4.39 Å². The molecule has 5 heteroatoms. The van der Waals surface area contributed by atoms with Gasteiger partial charge in [0.2, 0.25) is 0 Å². The van der Waals surface area contributed by atoms with E-state index in [1.807, 2.05) is 0 Å². The summed E-state index contributed by atoms with van der Waals surface area (Å²) in [6.07, 6.45) is 0.307. The van der Waals surface area contributed by atoms with Crippen molar-refractivity contribution in [3.63, 3.8) is 0 Å². The summed E-state index contributed by atoms with van der Waals surface area (Å²) >= 11 is 5.54. The normalized spacial score (nSPS) is 44.7. The molecule has 1 aliphatic heterocycles.